The van der Waals surface area contributed by atoms with Gasteiger partial charge in [0.1, 0.15) is 29.8 Å². The molecule has 162 valence electrons. The summed E-state index contributed by atoms with van der Waals surface area (Å²) in [7, 11) is 1.34. The predicted molar refractivity (Wildman–Crippen MR) is 113 cm³/mol. The summed E-state index contributed by atoms with van der Waals surface area (Å²) in [5.41, 5.74) is 1.69. The number of halogens is 2. The number of carbonyl (C=O) groups is 1. The number of ether oxygens (including phenoxy) is 2. The molecule has 0 atom stereocenters. The van der Waals surface area contributed by atoms with E-state index in [0.717, 1.165) is 12.8 Å². The van der Waals surface area contributed by atoms with Gasteiger partial charge in [-0.1, -0.05) is 11.6 Å². The minimum atomic E-state index is -0.497. The van der Waals surface area contributed by atoms with Crippen LogP contribution < -0.4 is 10.2 Å². The smallest absolute Gasteiger partial charge is 0.331 e. The fraction of sp³-hybridized carbons (Fsp3) is 0.350. The normalized spacial score (nSPS) is 14.6. The van der Waals surface area contributed by atoms with E-state index < -0.39 is 5.82 Å². The second kappa shape index (κ2) is 9.36. The molecule has 1 fully saturated rings. The summed E-state index contributed by atoms with van der Waals surface area (Å²) in [6.45, 7) is 1.32. The number of hydrogen-bond donors (Lipinski definition) is 1. The number of anilines is 3. The second-order valence-corrected chi connectivity index (χ2v) is 7.36. The lowest BCUT2D eigenvalue weighted by Gasteiger charge is -2.31. The van der Waals surface area contributed by atoms with Gasteiger partial charge in [0.2, 0.25) is 5.95 Å². The average molecular weight is 447 g/mol. The van der Waals surface area contributed by atoms with Crippen LogP contribution >= 0.6 is 11.6 Å². The second-order valence-electron chi connectivity index (χ2n) is 6.95. The van der Waals surface area contributed by atoms with Gasteiger partial charge >= 0.3 is 5.97 Å². The van der Waals surface area contributed by atoms with Crippen LogP contribution in [-0.4, -0.2) is 58.8 Å². The number of nitrogens with zero attached hydrogens (tertiary/aromatic N) is 5. The topological polar surface area (TPSA) is 102 Å². The van der Waals surface area contributed by atoms with Crippen molar-refractivity contribution in [1.82, 2.24) is 19.9 Å². The summed E-state index contributed by atoms with van der Waals surface area (Å²) >= 11 is 5.87. The van der Waals surface area contributed by atoms with E-state index in [-0.39, 0.29) is 23.7 Å². The number of piperidine rings is 1. The van der Waals surface area contributed by atoms with Crippen molar-refractivity contribution in [3.05, 3.63) is 41.6 Å². The minimum Gasteiger partial charge on any atom is -0.467 e. The van der Waals surface area contributed by atoms with Crippen LogP contribution in [0, 0.1) is 5.82 Å². The Morgan fingerprint density at radius 2 is 2.10 bits per heavy atom. The van der Waals surface area contributed by atoms with Crippen molar-refractivity contribution in [3.63, 3.8) is 0 Å². The van der Waals surface area contributed by atoms with Gasteiger partial charge in [-0.25, -0.2) is 29.1 Å². The number of hydrogen-bond acceptors (Lipinski definition) is 9. The number of benzene rings is 1. The Bertz CT molecular complexity index is 1090. The maximum Gasteiger partial charge on any atom is 0.331 e. The lowest BCUT2D eigenvalue weighted by molar-refractivity contribution is -0.148. The van der Waals surface area contributed by atoms with Crippen LogP contribution in [0.1, 0.15) is 12.8 Å². The summed E-state index contributed by atoms with van der Waals surface area (Å²) < 4.78 is 23.6. The number of aromatic nitrogens is 4. The Morgan fingerprint density at radius 3 is 2.84 bits per heavy atom. The molecule has 1 aliphatic heterocycles. The quantitative estimate of drug-likeness (QED) is 0.572. The molecule has 0 radical (unpaired) electrons. The zero-order valence-corrected chi connectivity index (χ0v) is 17.5. The van der Waals surface area contributed by atoms with Gasteiger partial charge < -0.3 is 19.7 Å². The molecule has 2 aromatic heterocycles. The lowest BCUT2D eigenvalue weighted by Crippen LogP contribution is -2.38. The molecule has 9 nitrogen and oxygen atoms in total. The molecule has 0 saturated carbocycles. The third-order valence-electron chi connectivity index (χ3n) is 4.94. The van der Waals surface area contributed by atoms with Gasteiger partial charge in [-0.15, -0.1) is 0 Å². The highest BCUT2D eigenvalue weighted by atomic mass is 35.5. The van der Waals surface area contributed by atoms with E-state index in [0.29, 0.717) is 41.6 Å². The first-order chi connectivity index (χ1) is 15.0. The molecule has 31 heavy (non-hydrogen) atoms. The molecule has 0 aliphatic carbocycles. The highest BCUT2D eigenvalue weighted by molar-refractivity contribution is 6.31. The van der Waals surface area contributed by atoms with Crippen LogP contribution in [0.15, 0.2) is 30.7 Å². The SMILES string of the molecule is COC(=O)COC1CCN(c2ncc3ncnc(Nc4ccc(F)c(Cl)c4)c3n2)CC1. The van der Waals surface area contributed by atoms with Crippen molar-refractivity contribution >= 4 is 46.1 Å². The van der Waals surface area contributed by atoms with Crippen molar-refractivity contribution in [2.24, 2.45) is 0 Å². The minimum absolute atomic E-state index is 0.0102. The van der Waals surface area contributed by atoms with Crippen molar-refractivity contribution < 1.29 is 18.7 Å². The molecule has 1 saturated heterocycles. The standard InChI is InChI=1S/C20H20ClFN6O3/c1-30-17(29)10-31-13-4-6-28(7-5-13)20-23-9-16-18(27-20)19(25-11-24-16)26-12-2-3-15(22)14(21)8-12/h2-3,8-9,11,13H,4-7,10H2,1H3,(H,24,25,26). The van der Waals surface area contributed by atoms with E-state index in [1.807, 2.05) is 4.90 Å². The van der Waals surface area contributed by atoms with Crippen LogP contribution in [0.5, 0.6) is 0 Å². The molecular formula is C20H20ClFN6O3. The van der Waals surface area contributed by atoms with E-state index in [4.69, 9.17) is 16.3 Å². The third kappa shape index (κ3) is 4.97. The third-order valence-corrected chi connectivity index (χ3v) is 5.23. The number of fused-ring (bicyclic) bond motifs is 1. The van der Waals surface area contributed by atoms with Crippen LogP contribution in [0.25, 0.3) is 11.0 Å². The van der Waals surface area contributed by atoms with E-state index in [1.165, 1.54) is 25.6 Å². The summed E-state index contributed by atoms with van der Waals surface area (Å²) in [6, 6.07) is 4.32. The number of nitrogens with one attached hydrogen (secondary N) is 1. The van der Waals surface area contributed by atoms with Gasteiger partial charge in [-0.3, -0.25) is 0 Å². The molecule has 1 aliphatic rings. The Hall–Kier alpha value is -3.11. The van der Waals surface area contributed by atoms with Crippen molar-refractivity contribution in [2.45, 2.75) is 18.9 Å². The molecule has 11 heteroatoms. The Morgan fingerprint density at radius 1 is 1.29 bits per heavy atom. The van der Waals surface area contributed by atoms with Crippen molar-refractivity contribution in [3.8, 4) is 0 Å². The number of esters is 1. The summed E-state index contributed by atoms with van der Waals surface area (Å²) in [5, 5.41) is 3.12. The molecule has 0 bridgehead atoms. The zero-order chi connectivity index (χ0) is 21.8. The van der Waals surface area contributed by atoms with Gasteiger partial charge in [0.05, 0.1) is 24.4 Å². The lowest BCUT2D eigenvalue weighted by atomic mass is 10.1. The molecule has 1 aromatic carbocycles. The number of carbonyl (C=O) groups excluding carboxylic acids is 1. The van der Waals surface area contributed by atoms with Crippen molar-refractivity contribution in [1.29, 1.82) is 0 Å². The van der Waals surface area contributed by atoms with E-state index in [1.54, 1.807) is 12.3 Å². The predicted octanol–water partition coefficient (Wildman–Crippen LogP) is 3.11. The average Bonchev–Trinajstić information content (AvgIpc) is 2.80. The highest BCUT2D eigenvalue weighted by Crippen LogP contribution is 2.26. The fourth-order valence-corrected chi connectivity index (χ4v) is 3.45. The Kier molecular flexibility index (Phi) is 6.38. The van der Waals surface area contributed by atoms with Gasteiger partial charge in [0.15, 0.2) is 5.82 Å². The van der Waals surface area contributed by atoms with Gasteiger partial charge in [0, 0.05) is 18.8 Å². The maximum atomic E-state index is 13.4. The molecule has 0 amide bonds. The molecule has 3 aromatic rings. The number of rotatable bonds is 6. The molecule has 1 N–H and O–H groups in total. The Balaban J connectivity index is 1.49. The van der Waals surface area contributed by atoms with Crippen LogP contribution in [0.4, 0.5) is 21.8 Å². The number of methoxy groups -OCH3 is 1. The summed E-state index contributed by atoms with van der Waals surface area (Å²) in [5.74, 6) is 0.132. The summed E-state index contributed by atoms with van der Waals surface area (Å²) in [6.07, 6.45) is 4.51. The van der Waals surface area contributed by atoms with Crippen LogP contribution in [0.2, 0.25) is 5.02 Å². The molecule has 4 rings (SSSR count). The van der Waals surface area contributed by atoms with Crippen molar-refractivity contribution in [2.75, 3.05) is 37.0 Å². The van der Waals surface area contributed by atoms with Gasteiger partial charge in [0.25, 0.3) is 0 Å². The van der Waals surface area contributed by atoms with Crippen LogP contribution in [-0.2, 0) is 14.3 Å². The van der Waals surface area contributed by atoms with Crippen LogP contribution in [0.3, 0.4) is 0 Å². The first kappa shape index (κ1) is 21.1. The summed E-state index contributed by atoms with van der Waals surface area (Å²) in [4.78, 5) is 30.9. The first-order valence-corrected chi connectivity index (χ1v) is 10.0. The van der Waals surface area contributed by atoms with Gasteiger partial charge in [-0.2, -0.15) is 0 Å². The molecular weight excluding hydrogens is 427 g/mol. The largest absolute Gasteiger partial charge is 0.467 e. The van der Waals surface area contributed by atoms with E-state index in [9.17, 15) is 9.18 Å². The molecule has 0 spiro atoms. The highest BCUT2D eigenvalue weighted by Gasteiger charge is 2.23. The van der Waals surface area contributed by atoms with E-state index in [2.05, 4.69) is 30.0 Å². The van der Waals surface area contributed by atoms with Gasteiger partial charge in [-0.05, 0) is 31.0 Å². The molecule has 0 unspecified atom stereocenters. The fourth-order valence-electron chi connectivity index (χ4n) is 3.27. The first-order valence-electron chi connectivity index (χ1n) is 9.66. The maximum absolute atomic E-state index is 13.4. The zero-order valence-electron chi connectivity index (χ0n) is 16.7. The molecule has 3 heterocycles. The monoisotopic (exact) mass is 446 g/mol. The van der Waals surface area contributed by atoms with E-state index >= 15 is 0 Å². The Labute approximate surface area is 182 Å².